The first-order valence-corrected chi connectivity index (χ1v) is 5.89. The number of fused-ring (bicyclic) bond motifs is 1. The maximum atomic E-state index is 10.8. The van der Waals surface area contributed by atoms with Crippen molar-refractivity contribution in [2.45, 2.75) is 6.42 Å². The molecule has 1 aliphatic heterocycles. The van der Waals surface area contributed by atoms with Gasteiger partial charge in [-0.2, -0.15) is 5.10 Å². The summed E-state index contributed by atoms with van der Waals surface area (Å²) in [6.07, 6.45) is 1.50. The zero-order valence-electron chi connectivity index (χ0n) is 10.1. The van der Waals surface area contributed by atoms with E-state index in [0.717, 1.165) is 5.69 Å². The summed E-state index contributed by atoms with van der Waals surface area (Å²) < 4.78 is 12.5. The Labute approximate surface area is 109 Å². The maximum Gasteiger partial charge on any atom is 0.309 e. The number of ether oxygens (including phenoxy) is 2. The van der Waals surface area contributed by atoms with Gasteiger partial charge in [-0.05, 0) is 18.2 Å². The Balaban J connectivity index is 1.98. The third-order valence-electron chi connectivity index (χ3n) is 2.82. The molecular formula is C13H12N2O4. The average molecular weight is 260 g/mol. The van der Waals surface area contributed by atoms with E-state index < -0.39 is 5.97 Å². The molecular weight excluding hydrogens is 248 g/mol. The number of carboxylic acids is 1. The van der Waals surface area contributed by atoms with Gasteiger partial charge >= 0.3 is 5.97 Å². The van der Waals surface area contributed by atoms with Crippen molar-refractivity contribution in [3.8, 4) is 17.2 Å². The maximum absolute atomic E-state index is 10.8. The van der Waals surface area contributed by atoms with Gasteiger partial charge in [0.2, 0.25) is 0 Å². The van der Waals surface area contributed by atoms with Crippen molar-refractivity contribution in [2.75, 3.05) is 13.2 Å². The molecule has 0 spiro atoms. The molecule has 19 heavy (non-hydrogen) atoms. The molecule has 0 unspecified atom stereocenters. The van der Waals surface area contributed by atoms with E-state index in [1.54, 1.807) is 29.1 Å². The van der Waals surface area contributed by atoms with Crippen molar-refractivity contribution in [3.63, 3.8) is 0 Å². The summed E-state index contributed by atoms with van der Waals surface area (Å²) in [6, 6.07) is 7.11. The number of carbonyl (C=O) groups is 1. The van der Waals surface area contributed by atoms with Gasteiger partial charge in [-0.25, -0.2) is 4.68 Å². The van der Waals surface area contributed by atoms with Crippen LogP contribution in [0.15, 0.2) is 30.5 Å². The number of rotatable bonds is 3. The molecule has 0 saturated carbocycles. The first-order valence-electron chi connectivity index (χ1n) is 5.89. The number of aliphatic carboxylic acids is 1. The van der Waals surface area contributed by atoms with Gasteiger partial charge in [0.25, 0.3) is 0 Å². The highest BCUT2D eigenvalue weighted by molar-refractivity contribution is 5.69. The van der Waals surface area contributed by atoms with E-state index in [-0.39, 0.29) is 6.42 Å². The molecule has 98 valence electrons. The Hall–Kier alpha value is -2.50. The fraction of sp³-hybridized carbons (Fsp3) is 0.231. The number of hydrogen-bond donors (Lipinski definition) is 1. The molecule has 2 heterocycles. The van der Waals surface area contributed by atoms with Crippen molar-refractivity contribution in [1.82, 2.24) is 9.78 Å². The van der Waals surface area contributed by atoms with Gasteiger partial charge in [-0.15, -0.1) is 0 Å². The summed E-state index contributed by atoms with van der Waals surface area (Å²) in [7, 11) is 0. The molecule has 1 N–H and O–H groups in total. The average Bonchev–Trinajstić information content (AvgIpc) is 2.85. The molecule has 0 bridgehead atoms. The second-order valence-corrected chi connectivity index (χ2v) is 4.13. The van der Waals surface area contributed by atoms with E-state index in [0.29, 0.717) is 30.4 Å². The largest absolute Gasteiger partial charge is 0.486 e. The van der Waals surface area contributed by atoms with Gasteiger partial charge in [0, 0.05) is 12.3 Å². The zero-order chi connectivity index (χ0) is 13.2. The van der Waals surface area contributed by atoms with Crippen LogP contribution in [-0.2, 0) is 11.2 Å². The SMILES string of the molecule is O=C(O)Cc1ccnn1-c1ccc2c(c1)OCCO2. The Kier molecular flexibility index (Phi) is 2.83. The molecule has 6 nitrogen and oxygen atoms in total. The van der Waals surface area contributed by atoms with Gasteiger partial charge in [0.1, 0.15) is 13.2 Å². The van der Waals surface area contributed by atoms with Crippen LogP contribution < -0.4 is 9.47 Å². The van der Waals surface area contributed by atoms with Crippen LogP contribution in [0.3, 0.4) is 0 Å². The quantitative estimate of drug-likeness (QED) is 0.899. The molecule has 0 amide bonds. The Morgan fingerprint density at radius 2 is 2.05 bits per heavy atom. The van der Waals surface area contributed by atoms with E-state index in [1.165, 1.54) is 0 Å². The highest BCUT2D eigenvalue weighted by atomic mass is 16.6. The third kappa shape index (κ3) is 2.24. The van der Waals surface area contributed by atoms with Crippen LogP contribution in [0.4, 0.5) is 0 Å². The molecule has 0 atom stereocenters. The Bertz CT molecular complexity index is 621. The number of carboxylic acid groups (broad SMARTS) is 1. The lowest BCUT2D eigenvalue weighted by molar-refractivity contribution is -0.136. The van der Waals surface area contributed by atoms with Crippen LogP contribution in [0, 0.1) is 0 Å². The first kappa shape index (κ1) is 11.6. The van der Waals surface area contributed by atoms with Crippen LogP contribution in [0.25, 0.3) is 5.69 Å². The van der Waals surface area contributed by atoms with Gasteiger partial charge in [0.15, 0.2) is 11.5 Å². The topological polar surface area (TPSA) is 73.6 Å². The minimum Gasteiger partial charge on any atom is -0.486 e. The van der Waals surface area contributed by atoms with E-state index in [4.69, 9.17) is 14.6 Å². The summed E-state index contributed by atoms with van der Waals surface area (Å²) in [5.41, 5.74) is 1.37. The molecule has 0 aliphatic carbocycles. The molecule has 6 heteroatoms. The minimum absolute atomic E-state index is 0.0750. The molecule has 2 aromatic rings. The molecule has 0 fully saturated rings. The summed E-state index contributed by atoms with van der Waals surface area (Å²) in [5, 5.41) is 13.0. The normalized spacial score (nSPS) is 13.3. The third-order valence-corrected chi connectivity index (χ3v) is 2.82. The summed E-state index contributed by atoms with van der Waals surface area (Å²) in [4.78, 5) is 10.8. The van der Waals surface area contributed by atoms with Crippen LogP contribution in [0.2, 0.25) is 0 Å². The molecule has 1 aromatic carbocycles. The predicted octanol–water partition coefficient (Wildman–Crippen LogP) is 1.27. The van der Waals surface area contributed by atoms with E-state index in [2.05, 4.69) is 5.10 Å². The summed E-state index contributed by atoms with van der Waals surface area (Å²) >= 11 is 0. The fourth-order valence-corrected chi connectivity index (χ4v) is 2.02. The van der Waals surface area contributed by atoms with Crippen molar-refractivity contribution in [1.29, 1.82) is 0 Å². The van der Waals surface area contributed by atoms with Gasteiger partial charge in [-0.1, -0.05) is 0 Å². The zero-order valence-corrected chi connectivity index (χ0v) is 10.1. The molecule has 1 aromatic heterocycles. The monoisotopic (exact) mass is 260 g/mol. The minimum atomic E-state index is -0.890. The second kappa shape index (κ2) is 4.64. The first-order chi connectivity index (χ1) is 9.24. The summed E-state index contributed by atoms with van der Waals surface area (Å²) in [5.74, 6) is 0.460. The van der Waals surface area contributed by atoms with E-state index in [1.807, 2.05) is 6.07 Å². The van der Waals surface area contributed by atoms with Crippen molar-refractivity contribution >= 4 is 5.97 Å². The molecule has 3 rings (SSSR count). The lowest BCUT2D eigenvalue weighted by Crippen LogP contribution is -2.16. The van der Waals surface area contributed by atoms with Crippen molar-refractivity contribution < 1.29 is 19.4 Å². The van der Waals surface area contributed by atoms with Crippen LogP contribution in [-0.4, -0.2) is 34.1 Å². The predicted molar refractivity (Wildman–Crippen MR) is 65.9 cm³/mol. The van der Waals surface area contributed by atoms with Gasteiger partial charge < -0.3 is 14.6 Å². The van der Waals surface area contributed by atoms with Crippen molar-refractivity contribution in [2.24, 2.45) is 0 Å². The smallest absolute Gasteiger partial charge is 0.309 e. The number of nitrogens with zero attached hydrogens (tertiary/aromatic N) is 2. The molecule has 0 saturated heterocycles. The number of hydrogen-bond acceptors (Lipinski definition) is 4. The highest BCUT2D eigenvalue weighted by Crippen LogP contribution is 2.32. The highest BCUT2D eigenvalue weighted by Gasteiger charge is 2.14. The second-order valence-electron chi connectivity index (χ2n) is 4.13. The Morgan fingerprint density at radius 1 is 1.26 bits per heavy atom. The fourth-order valence-electron chi connectivity index (χ4n) is 2.02. The lowest BCUT2D eigenvalue weighted by Gasteiger charge is -2.19. The standard InChI is InChI=1S/C13H12N2O4/c16-13(17)8-10-3-4-14-15(10)9-1-2-11-12(7-9)19-6-5-18-11/h1-4,7H,5-6,8H2,(H,16,17). The van der Waals surface area contributed by atoms with Gasteiger partial charge in [0.05, 0.1) is 17.8 Å². The lowest BCUT2D eigenvalue weighted by atomic mass is 10.2. The van der Waals surface area contributed by atoms with Gasteiger partial charge in [-0.3, -0.25) is 4.79 Å². The number of benzene rings is 1. The van der Waals surface area contributed by atoms with Crippen LogP contribution in [0.5, 0.6) is 11.5 Å². The number of aromatic nitrogens is 2. The molecule has 0 radical (unpaired) electrons. The Morgan fingerprint density at radius 3 is 2.84 bits per heavy atom. The van der Waals surface area contributed by atoms with E-state index >= 15 is 0 Å². The van der Waals surface area contributed by atoms with Crippen LogP contribution in [0.1, 0.15) is 5.69 Å². The van der Waals surface area contributed by atoms with Crippen molar-refractivity contribution in [3.05, 3.63) is 36.2 Å². The molecule has 1 aliphatic rings. The van der Waals surface area contributed by atoms with E-state index in [9.17, 15) is 4.79 Å². The summed E-state index contributed by atoms with van der Waals surface area (Å²) in [6.45, 7) is 1.05. The van der Waals surface area contributed by atoms with Crippen LogP contribution >= 0.6 is 0 Å².